The number of nitrogens with two attached hydrogens (primary N) is 1. The molecular weight excluding hydrogens is 267 g/mol. The lowest BCUT2D eigenvalue weighted by molar-refractivity contribution is -0.122. The molecule has 0 aromatic heterocycles. The third kappa shape index (κ3) is 3.27. The number of hydrogen-bond donors (Lipinski definition) is 2. The Morgan fingerprint density at radius 3 is 2.74 bits per heavy atom. The Morgan fingerprint density at radius 2 is 2.11 bits per heavy atom. The number of carbonyl (C=O) groups is 1. The van der Waals surface area contributed by atoms with Crippen LogP contribution >= 0.6 is 12.2 Å². The largest absolute Gasteiger partial charge is 0.389 e. The van der Waals surface area contributed by atoms with Gasteiger partial charge in [0.25, 0.3) is 0 Å². The molecule has 1 amide bonds. The molecular formula is C13H15FN2O2S. The SMILES string of the molecule is NC(=S)c1c(F)cccc1NC(=O)C1CCOCC1. The number of carbonyl (C=O) groups excluding carboxylic acids is 1. The Bertz CT molecular complexity index is 501. The highest BCUT2D eigenvalue weighted by molar-refractivity contribution is 7.80. The van der Waals surface area contributed by atoms with Crippen LogP contribution in [0.2, 0.25) is 0 Å². The van der Waals surface area contributed by atoms with Gasteiger partial charge in [-0.15, -0.1) is 0 Å². The molecule has 19 heavy (non-hydrogen) atoms. The van der Waals surface area contributed by atoms with Crippen LogP contribution < -0.4 is 11.1 Å². The van der Waals surface area contributed by atoms with Crippen molar-refractivity contribution in [1.82, 2.24) is 0 Å². The first-order chi connectivity index (χ1) is 9.09. The van der Waals surface area contributed by atoms with E-state index >= 15 is 0 Å². The highest BCUT2D eigenvalue weighted by Crippen LogP contribution is 2.22. The Balaban J connectivity index is 2.16. The molecule has 1 saturated heterocycles. The first-order valence-electron chi connectivity index (χ1n) is 6.06. The molecule has 1 fully saturated rings. The minimum atomic E-state index is -0.530. The zero-order chi connectivity index (χ0) is 13.8. The number of nitrogens with one attached hydrogen (secondary N) is 1. The van der Waals surface area contributed by atoms with Crippen LogP contribution in [-0.2, 0) is 9.53 Å². The van der Waals surface area contributed by atoms with Crippen molar-refractivity contribution < 1.29 is 13.9 Å². The average Bonchev–Trinajstić information content (AvgIpc) is 2.39. The molecule has 0 aliphatic carbocycles. The van der Waals surface area contributed by atoms with Crippen LogP contribution in [0, 0.1) is 11.7 Å². The first-order valence-corrected chi connectivity index (χ1v) is 6.47. The summed E-state index contributed by atoms with van der Waals surface area (Å²) in [5.41, 5.74) is 5.89. The average molecular weight is 282 g/mol. The second-order valence-electron chi connectivity index (χ2n) is 4.40. The van der Waals surface area contributed by atoms with Gasteiger partial charge >= 0.3 is 0 Å². The molecule has 1 aliphatic heterocycles. The van der Waals surface area contributed by atoms with E-state index in [0.717, 1.165) is 0 Å². The summed E-state index contributed by atoms with van der Waals surface area (Å²) in [7, 11) is 0. The number of amides is 1. The van der Waals surface area contributed by atoms with E-state index in [9.17, 15) is 9.18 Å². The predicted molar refractivity (Wildman–Crippen MR) is 74.5 cm³/mol. The van der Waals surface area contributed by atoms with Crippen molar-refractivity contribution >= 4 is 28.8 Å². The molecule has 1 heterocycles. The van der Waals surface area contributed by atoms with Gasteiger partial charge in [-0.05, 0) is 25.0 Å². The van der Waals surface area contributed by atoms with Crippen molar-refractivity contribution in [3.05, 3.63) is 29.6 Å². The number of halogens is 1. The standard InChI is InChI=1S/C13H15FN2O2S/c14-9-2-1-3-10(11(9)12(15)19)16-13(17)8-4-6-18-7-5-8/h1-3,8H,4-7H2,(H2,15,19)(H,16,17). The molecule has 3 N–H and O–H groups in total. The molecule has 2 rings (SSSR count). The fourth-order valence-corrected chi connectivity index (χ4v) is 2.28. The van der Waals surface area contributed by atoms with Gasteiger partial charge in [0.15, 0.2) is 0 Å². The summed E-state index contributed by atoms with van der Waals surface area (Å²) in [6.07, 6.45) is 1.34. The molecule has 0 radical (unpaired) electrons. The van der Waals surface area contributed by atoms with Gasteiger partial charge in [-0.3, -0.25) is 4.79 Å². The van der Waals surface area contributed by atoms with Gasteiger partial charge in [0, 0.05) is 19.1 Å². The molecule has 0 saturated carbocycles. The van der Waals surface area contributed by atoms with Gasteiger partial charge in [0.1, 0.15) is 10.8 Å². The monoisotopic (exact) mass is 282 g/mol. The molecule has 0 unspecified atom stereocenters. The second kappa shape index (κ2) is 6.08. The van der Waals surface area contributed by atoms with E-state index < -0.39 is 5.82 Å². The lowest BCUT2D eigenvalue weighted by Crippen LogP contribution is -2.29. The molecule has 1 aromatic carbocycles. The lowest BCUT2D eigenvalue weighted by Gasteiger charge is -2.22. The topological polar surface area (TPSA) is 64.3 Å². The smallest absolute Gasteiger partial charge is 0.227 e. The third-order valence-corrected chi connectivity index (χ3v) is 3.31. The molecule has 102 valence electrons. The van der Waals surface area contributed by atoms with E-state index in [1.54, 1.807) is 6.07 Å². The van der Waals surface area contributed by atoms with Crippen LogP contribution in [0.3, 0.4) is 0 Å². The van der Waals surface area contributed by atoms with Gasteiger partial charge < -0.3 is 15.8 Å². The molecule has 4 nitrogen and oxygen atoms in total. The quantitative estimate of drug-likeness (QED) is 0.830. The molecule has 0 bridgehead atoms. The normalized spacial score (nSPS) is 16.1. The first kappa shape index (κ1) is 13.9. The van der Waals surface area contributed by atoms with Crippen LogP contribution in [0.4, 0.5) is 10.1 Å². The molecule has 1 aromatic rings. The van der Waals surface area contributed by atoms with Crippen LogP contribution in [0.5, 0.6) is 0 Å². The van der Waals surface area contributed by atoms with Crippen molar-refractivity contribution in [1.29, 1.82) is 0 Å². The van der Waals surface area contributed by atoms with Crippen LogP contribution in [0.15, 0.2) is 18.2 Å². The van der Waals surface area contributed by atoms with E-state index in [-0.39, 0.29) is 22.4 Å². The van der Waals surface area contributed by atoms with Crippen molar-refractivity contribution in [3.8, 4) is 0 Å². The second-order valence-corrected chi connectivity index (χ2v) is 4.84. The van der Waals surface area contributed by atoms with Crippen molar-refractivity contribution in [2.24, 2.45) is 11.7 Å². The van der Waals surface area contributed by atoms with E-state index in [1.165, 1.54) is 12.1 Å². The molecule has 0 atom stereocenters. The summed E-state index contributed by atoms with van der Waals surface area (Å²) < 4.78 is 18.9. The summed E-state index contributed by atoms with van der Waals surface area (Å²) in [6, 6.07) is 4.37. The van der Waals surface area contributed by atoms with Crippen LogP contribution in [0.1, 0.15) is 18.4 Å². The highest BCUT2D eigenvalue weighted by Gasteiger charge is 2.23. The summed E-state index contributed by atoms with van der Waals surface area (Å²) in [4.78, 5) is 12.0. The number of hydrogen-bond acceptors (Lipinski definition) is 3. The molecule has 6 heteroatoms. The Kier molecular flexibility index (Phi) is 4.44. The predicted octanol–water partition coefficient (Wildman–Crippen LogP) is 1.82. The maximum absolute atomic E-state index is 13.7. The van der Waals surface area contributed by atoms with Crippen molar-refractivity contribution in [3.63, 3.8) is 0 Å². The number of anilines is 1. The van der Waals surface area contributed by atoms with Gasteiger partial charge in [-0.1, -0.05) is 18.3 Å². The van der Waals surface area contributed by atoms with Gasteiger partial charge in [0.05, 0.1) is 11.3 Å². The maximum Gasteiger partial charge on any atom is 0.227 e. The summed E-state index contributed by atoms with van der Waals surface area (Å²) in [5.74, 6) is -0.792. The van der Waals surface area contributed by atoms with Crippen molar-refractivity contribution in [2.45, 2.75) is 12.8 Å². The highest BCUT2D eigenvalue weighted by atomic mass is 32.1. The lowest BCUT2D eigenvalue weighted by atomic mass is 9.99. The van der Waals surface area contributed by atoms with Gasteiger partial charge in [0.2, 0.25) is 5.91 Å². The summed E-state index contributed by atoms with van der Waals surface area (Å²) in [6.45, 7) is 1.15. The zero-order valence-electron chi connectivity index (χ0n) is 10.3. The maximum atomic E-state index is 13.7. The van der Waals surface area contributed by atoms with E-state index in [0.29, 0.717) is 31.7 Å². The number of ether oxygens (including phenoxy) is 1. The van der Waals surface area contributed by atoms with Gasteiger partial charge in [-0.25, -0.2) is 4.39 Å². The van der Waals surface area contributed by atoms with Crippen LogP contribution in [-0.4, -0.2) is 24.1 Å². The van der Waals surface area contributed by atoms with Crippen LogP contribution in [0.25, 0.3) is 0 Å². The fourth-order valence-electron chi connectivity index (χ4n) is 2.07. The number of benzene rings is 1. The van der Waals surface area contributed by atoms with E-state index in [4.69, 9.17) is 22.7 Å². The fraction of sp³-hybridized carbons (Fsp3) is 0.385. The summed E-state index contributed by atoms with van der Waals surface area (Å²) in [5, 5.41) is 2.70. The minimum absolute atomic E-state index is 0.0691. The Hall–Kier alpha value is -1.53. The van der Waals surface area contributed by atoms with E-state index in [1.807, 2.05) is 0 Å². The molecule has 1 aliphatic rings. The third-order valence-electron chi connectivity index (χ3n) is 3.11. The van der Waals surface area contributed by atoms with E-state index in [2.05, 4.69) is 5.32 Å². The summed E-state index contributed by atoms with van der Waals surface area (Å²) >= 11 is 4.81. The Labute approximate surface area is 116 Å². The van der Waals surface area contributed by atoms with Gasteiger partial charge in [-0.2, -0.15) is 0 Å². The zero-order valence-corrected chi connectivity index (χ0v) is 11.1. The van der Waals surface area contributed by atoms with Crippen molar-refractivity contribution in [2.75, 3.05) is 18.5 Å². The number of thiocarbonyl (C=S) groups is 1. The Morgan fingerprint density at radius 1 is 1.42 bits per heavy atom. The minimum Gasteiger partial charge on any atom is -0.389 e. The molecule has 0 spiro atoms. The number of rotatable bonds is 3.